The molecule has 30 heavy (non-hydrogen) atoms. The number of rotatable bonds is 6. The predicted molar refractivity (Wildman–Crippen MR) is 120 cm³/mol. The van der Waals surface area contributed by atoms with Crippen LogP contribution < -0.4 is 10.6 Å². The van der Waals surface area contributed by atoms with Crippen molar-refractivity contribution in [1.29, 1.82) is 0 Å². The maximum atomic E-state index is 12.8. The Bertz CT molecular complexity index is 1110. The van der Waals surface area contributed by atoms with Crippen LogP contribution in [0, 0.1) is 6.92 Å². The Labute approximate surface area is 187 Å². The van der Waals surface area contributed by atoms with Crippen LogP contribution in [0.5, 0.6) is 0 Å². The predicted octanol–water partition coefficient (Wildman–Crippen LogP) is 4.84. The van der Waals surface area contributed by atoms with Crippen molar-refractivity contribution in [1.82, 2.24) is 15.1 Å². The van der Waals surface area contributed by atoms with Gasteiger partial charge in [0.05, 0.1) is 29.7 Å². The topological polar surface area (TPSA) is 76.0 Å². The van der Waals surface area contributed by atoms with E-state index in [0.29, 0.717) is 16.3 Å². The number of halogens is 2. The van der Waals surface area contributed by atoms with Gasteiger partial charge in [-0.2, -0.15) is 5.10 Å². The molecule has 1 fully saturated rings. The Balaban J connectivity index is 1.47. The van der Waals surface area contributed by atoms with Crippen LogP contribution in [0.15, 0.2) is 53.1 Å². The summed E-state index contributed by atoms with van der Waals surface area (Å²) < 4.78 is 2.70. The van der Waals surface area contributed by atoms with Crippen molar-refractivity contribution in [2.45, 2.75) is 25.7 Å². The van der Waals surface area contributed by atoms with Crippen LogP contribution in [0.25, 0.3) is 5.69 Å². The summed E-state index contributed by atoms with van der Waals surface area (Å²) in [5.74, 6) is -0.325. The van der Waals surface area contributed by atoms with Crippen molar-refractivity contribution in [3.63, 3.8) is 0 Å². The maximum absolute atomic E-state index is 12.8. The lowest BCUT2D eigenvalue weighted by Crippen LogP contribution is -2.33. The van der Waals surface area contributed by atoms with Crippen LogP contribution in [0.2, 0.25) is 5.02 Å². The van der Waals surface area contributed by atoms with Crippen LogP contribution in [-0.2, 0) is 4.79 Å². The Morgan fingerprint density at radius 3 is 2.60 bits per heavy atom. The van der Waals surface area contributed by atoms with Crippen molar-refractivity contribution in [2.24, 2.45) is 0 Å². The first-order valence-electron chi connectivity index (χ1n) is 9.60. The molecule has 154 valence electrons. The average molecular weight is 488 g/mol. The number of benzene rings is 2. The van der Waals surface area contributed by atoms with E-state index in [1.165, 1.54) is 0 Å². The molecule has 1 aliphatic carbocycles. The molecule has 3 aromatic rings. The molecule has 0 unspecified atom stereocenters. The molecule has 6 nitrogen and oxygen atoms in total. The molecule has 0 spiro atoms. The van der Waals surface area contributed by atoms with E-state index in [4.69, 9.17) is 11.6 Å². The highest BCUT2D eigenvalue weighted by Crippen LogP contribution is 2.42. The summed E-state index contributed by atoms with van der Waals surface area (Å²) >= 11 is 9.62. The summed E-state index contributed by atoms with van der Waals surface area (Å²) in [6.45, 7) is 1.82. The van der Waals surface area contributed by atoms with Gasteiger partial charge in [0.15, 0.2) is 0 Å². The van der Waals surface area contributed by atoms with E-state index in [1.54, 1.807) is 23.0 Å². The number of aryl methyl sites for hydroxylation is 1. The number of carbonyl (C=O) groups excluding carboxylic acids is 2. The number of carbonyl (C=O) groups is 2. The van der Waals surface area contributed by atoms with Crippen molar-refractivity contribution in [2.75, 3.05) is 11.9 Å². The van der Waals surface area contributed by atoms with Gasteiger partial charge in [0.25, 0.3) is 5.91 Å². The summed E-state index contributed by atoms with van der Waals surface area (Å²) in [5, 5.41) is 10.5. The van der Waals surface area contributed by atoms with E-state index in [1.807, 2.05) is 37.3 Å². The van der Waals surface area contributed by atoms with E-state index in [2.05, 4.69) is 31.7 Å². The molecule has 0 bridgehead atoms. The van der Waals surface area contributed by atoms with Gasteiger partial charge in [0.2, 0.25) is 5.91 Å². The number of nitrogens with one attached hydrogen (secondary N) is 2. The molecule has 1 aromatic heterocycles. The highest BCUT2D eigenvalue weighted by atomic mass is 79.9. The van der Waals surface area contributed by atoms with Gasteiger partial charge < -0.3 is 10.6 Å². The average Bonchev–Trinajstić information content (AvgIpc) is 3.48. The molecule has 2 amide bonds. The molecule has 1 heterocycles. The largest absolute Gasteiger partial charge is 0.343 e. The summed E-state index contributed by atoms with van der Waals surface area (Å²) in [7, 11) is 0. The second-order valence-corrected chi connectivity index (χ2v) is 8.62. The zero-order valence-corrected chi connectivity index (χ0v) is 18.6. The Morgan fingerprint density at radius 2 is 1.93 bits per heavy atom. The summed E-state index contributed by atoms with van der Waals surface area (Å²) in [6.07, 6.45) is 3.58. The molecular weight excluding hydrogens is 468 g/mol. The van der Waals surface area contributed by atoms with Gasteiger partial charge in [-0.1, -0.05) is 33.6 Å². The standard InChI is InChI=1S/C22H20BrClN4O2/c1-13-2-9-17(10-19(13)24)28-21(14-3-4-14)18(11-26-28)22(30)25-12-20(29)27-16-7-5-15(23)6-8-16/h2,5-11,14H,3-4,12H2,1H3,(H,25,30)(H,27,29). The number of anilines is 1. The second kappa shape index (κ2) is 8.62. The third kappa shape index (κ3) is 4.57. The van der Waals surface area contributed by atoms with Crippen LogP contribution in [0.1, 0.15) is 40.4 Å². The molecule has 0 saturated heterocycles. The van der Waals surface area contributed by atoms with Gasteiger partial charge in [-0.3, -0.25) is 9.59 Å². The molecule has 0 radical (unpaired) electrons. The Hall–Kier alpha value is -2.64. The normalized spacial score (nSPS) is 13.2. The van der Waals surface area contributed by atoms with Crippen LogP contribution in [0.4, 0.5) is 5.69 Å². The fourth-order valence-electron chi connectivity index (χ4n) is 3.20. The minimum Gasteiger partial charge on any atom is -0.343 e. The fraction of sp³-hybridized carbons (Fsp3) is 0.227. The summed E-state index contributed by atoms with van der Waals surface area (Å²) in [5.41, 5.74) is 3.82. The third-order valence-corrected chi connectivity index (χ3v) is 5.89. The number of hydrogen-bond acceptors (Lipinski definition) is 3. The van der Waals surface area contributed by atoms with Crippen LogP contribution >= 0.6 is 27.5 Å². The first-order valence-corrected chi connectivity index (χ1v) is 10.8. The lowest BCUT2D eigenvalue weighted by molar-refractivity contribution is -0.115. The number of aromatic nitrogens is 2. The Kier molecular flexibility index (Phi) is 5.92. The molecular formula is C22H20BrClN4O2. The smallest absolute Gasteiger partial charge is 0.255 e. The third-order valence-electron chi connectivity index (χ3n) is 4.95. The second-order valence-electron chi connectivity index (χ2n) is 7.30. The monoisotopic (exact) mass is 486 g/mol. The SMILES string of the molecule is Cc1ccc(-n2ncc(C(=O)NCC(=O)Nc3ccc(Br)cc3)c2C2CC2)cc1Cl. The number of nitrogens with zero attached hydrogens (tertiary/aromatic N) is 2. The van der Waals surface area contributed by atoms with Gasteiger partial charge in [-0.25, -0.2) is 4.68 Å². The molecule has 1 aliphatic rings. The van der Waals surface area contributed by atoms with Gasteiger partial charge in [0.1, 0.15) is 0 Å². The van der Waals surface area contributed by atoms with E-state index in [0.717, 1.165) is 34.3 Å². The molecule has 0 aliphatic heterocycles. The van der Waals surface area contributed by atoms with Crippen molar-refractivity contribution >= 4 is 45.0 Å². The first kappa shape index (κ1) is 20.6. The molecule has 2 N–H and O–H groups in total. The molecule has 0 atom stereocenters. The summed E-state index contributed by atoms with van der Waals surface area (Å²) in [4.78, 5) is 25.0. The van der Waals surface area contributed by atoms with Crippen LogP contribution in [-0.4, -0.2) is 28.1 Å². The van der Waals surface area contributed by atoms with Gasteiger partial charge in [-0.15, -0.1) is 0 Å². The van der Waals surface area contributed by atoms with E-state index >= 15 is 0 Å². The van der Waals surface area contributed by atoms with Crippen molar-refractivity contribution in [3.05, 3.63) is 75.0 Å². The van der Waals surface area contributed by atoms with E-state index < -0.39 is 0 Å². The molecule has 4 rings (SSSR count). The van der Waals surface area contributed by atoms with Crippen molar-refractivity contribution < 1.29 is 9.59 Å². The lowest BCUT2D eigenvalue weighted by Gasteiger charge is -2.11. The van der Waals surface area contributed by atoms with Crippen molar-refractivity contribution in [3.8, 4) is 5.69 Å². The fourth-order valence-corrected chi connectivity index (χ4v) is 3.64. The van der Waals surface area contributed by atoms with Crippen LogP contribution in [0.3, 0.4) is 0 Å². The highest BCUT2D eigenvalue weighted by molar-refractivity contribution is 9.10. The van der Waals surface area contributed by atoms with E-state index in [9.17, 15) is 9.59 Å². The maximum Gasteiger partial charge on any atom is 0.255 e. The lowest BCUT2D eigenvalue weighted by atomic mass is 10.1. The van der Waals surface area contributed by atoms with E-state index in [-0.39, 0.29) is 24.3 Å². The van der Waals surface area contributed by atoms with Gasteiger partial charge in [0, 0.05) is 21.1 Å². The minimum atomic E-state index is -0.313. The Morgan fingerprint density at radius 1 is 1.20 bits per heavy atom. The highest BCUT2D eigenvalue weighted by Gasteiger charge is 2.33. The summed E-state index contributed by atoms with van der Waals surface area (Å²) in [6, 6.07) is 13.0. The quantitative estimate of drug-likeness (QED) is 0.522. The van der Waals surface area contributed by atoms with Gasteiger partial charge in [-0.05, 0) is 61.7 Å². The molecule has 1 saturated carbocycles. The molecule has 2 aromatic carbocycles. The molecule has 8 heteroatoms. The number of hydrogen-bond donors (Lipinski definition) is 2. The van der Waals surface area contributed by atoms with Gasteiger partial charge >= 0.3 is 0 Å². The minimum absolute atomic E-state index is 0.124. The zero-order valence-electron chi connectivity index (χ0n) is 16.3. The number of amides is 2. The first-order chi connectivity index (χ1) is 14.4. The zero-order chi connectivity index (χ0) is 21.3.